The second-order valence-electron chi connectivity index (χ2n) is 4.15. The van der Waals surface area contributed by atoms with Crippen LogP contribution in [0.2, 0.25) is 0 Å². The maximum Gasteiger partial charge on any atom is 0.152 e. The van der Waals surface area contributed by atoms with E-state index in [1.54, 1.807) is 6.07 Å². The molecule has 1 aromatic heterocycles. The van der Waals surface area contributed by atoms with Gasteiger partial charge in [0, 0.05) is 0 Å². The fraction of sp³-hybridized carbons (Fsp3) is 0.500. The number of hydrogen-bond donors (Lipinski definition) is 1. The molecule has 2 rings (SSSR count). The molecule has 92 valence electrons. The summed E-state index contributed by atoms with van der Waals surface area (Å²) in [7, 11) is -3.25. The monoisotopic (exact) mass is 319 g/mol. The predicted molar refractivity (Wildman–Crippen MR) is 62.7 cm³/mol. The average molecular weight is 320 g/mol. The van der Waals surface area contributed by atoms with Crippen molar-refractivity contribution in [2.45, 2.75) is 12.5 Å². The van der Waals surface area contributed by atoms with Gasteiger partial charge in [-0.3, -0.25) is 0 Å². The Hall–Kier alpha value is -0.840. The summed E-state index contributed by atoms with van der Waals surface area (Å²) in [4.78, 5) is 0. The van der Waals surface area contributed by atoms with Gasteiger partial charge in [-0.15, -0.1) is 0 Å². The number of hydrogen-bond acceptors (Lipinski definition) is 5. The summed E-state index contributed by atoms with van der Waals surface area (Å²) in [5, 5.41) is 19.3. The fourth-order valence-corrected chi connectivity index (χ4v) is 4.38. The minimum Gasteiger partial charge on any atom is -0.465 e. The molecular formula is C10H10BrNO4S. The molecule has 1 fully saturated rings. The molecule has 0 saturated carbocycles. The molecule has 1 saturated heterocycles. The Labute approximate surface area is 107 Å². The third kappa shape index (κ3) is 2.12. The molecule has 1 N–H and O–H groups in total. The van der Waals surface area contributed by atoms with Crippen molar-refractivity contribution in [1.82, 2.24) is 0 Å². The molecule has 0 aliphatic carbocycles. The van der Waals surface area contributed by atoms with Gasteiger partial charge in [0.25, 0.3) is 0 Å². The lowest BCUT2D eigenvalue weighted by molar-refractivity contribution is 0.0581. The minimum absolute atomic E-state index is 0.0735. The number of furan rings is 1. The second kappa shape index (κ2) is 4.12. The summed E-state index contributed by atoms with van der Waals surface area (Å²) in [6.07, 6.45) is 0.256. The van der Waals surface area contributed by atoms with E-state index in [0.29, 0.717) is 4.47 Å². The van der Waals surface area contributed by atoms with E-state index >= 15 is 0 Å². The van der Waals surface area contributed by atoms with E-state index in [0.717, 1.165) is 0 Å². The molecular weight excluding hydrogens is 310 g/mol. The minimum atomic E-state index is -3.25. The highest BCUT2D eigenvalue weighted by atomic mass is 79.9. The van der Waals surface area contributed by atoms with Crippen LogP contribution in [0.3, 0.4) is 0 Å². The van der Waals surface area contributed by atoms with Crippen molar-refractivity contribution in [3.8, 4) is 6.07 Å². The van der Waals surface area contributed by atoms with Gasteiger partial charge < -0.3 is 9.52 Å². The van der Waals surface area contributed by atoms with Crippen molar-refractivity contribution in [2.24, 2.45) is 5.41 Å². The van der Waals surface area contributed by atoms with Crippen LogP contribution in [0, 0.1) is 16.7 Å². The number of nitrogens with zero attached hydrogens (tertiary/aromatic N) is 1. The average Bonchev–Trinajstić information content (AvgIpc) is 2.82. The molecule has 0 bridgehead atoms. The maximum absolute atomic E-state index is 11.5. The summed E-state index contributed by atoms with van der Waals surface area (Å²) >= 11 is 3.18. The third-order valence-corrected chi connectivity index (χ3v) is 5.41. The van der Waals surface area contributed by atoms with Crippen LogP contribution in [0.1, 0.15) is 18.3 Å². The van der Waals surface area contributed by atoms with E-state index in [9.17, 15) is 18.8 Å². The highest BCUT2D eigenvalue weighted by Gasteiger charge is 2.50. The normalized spacial score (nSPS) is 28.8. The maximum atomic E-state index is 11.5. The zero-order valence-electron chi connectivity index (χ0n) is 8.76. The number of rotatable bonds is 2. The van der Waals surface area contributed by atoms with Gasteiger partial charge in [-0.2, -0.15) is 5.26 Å². The van der Waals surface area contributed by atoms with E-state index in [1.165, 1.54) is 6.26 Å². The van der Waals surface area contributed by atoms with Crippen LogP contribution in [-0.2, 0) is 9.84 Å². The van der Waals surface area contributed by atoms with E-state index in [-0.39, 0.29) is 23.7 Å². The van der Waals surface area contributed by atoms with Crippen molar-refractivity contribution in [3.63, 3.8) is 0 Å². The molecule has 0 spiro atoms. The van der Waals surface area contributed by atoms with E-state index < -0.39 is 21.4 Å². The zero-order valence-corrected chi connectivity index (χ0v) is 11.2. The first-order valence-corrected chi connectivity index (χ1v) is 7.54. The fourth-order valence-electron chi connectivity index (χ4n) is 1.99. The van der Waals surface area contributed by atoms with Crippen LogP contribution < -0.4 is 0 Å². The van der Waals surface area contributed by atoms with Gasteiger partial charge in [0.05, 0.1) is 28.3 Å². The standard InChI is InChI=1S/C10H10BrNO4S/c11-7-1-3-16-8(7)9(13)10(5-12)2-4-17(14,15)6-10/h1,3,9,13H,2,4,6H2. The molecule has 0 amide bonds. The first kappa shape index (κ1) is 12.6. The SMILES string of the molecule is N#CC1(C(O)c2occc2Br)CCS(=O)(=O)C1. The summed E-state index contributed by atoms with van der Waals surface area (Å²) in [6.45, 7) is 0. The molecule has 1 aliphatic heterocycles. The molecule has 0 aromatic carbocycles. The third-order valence-electron chi connectivity index (χ3n) is 2.98. The summed E-state index contributed by atoms with van der Waals surface area (Å²) in [6, 6.07) is 3.53. The molecule has 2 heterocycles. The molecule has 17 heavy (non-hydrogen) atoms. The van der Waals surface area contributed by atoms with Crippen LogP contribution in [0.25, 0.3) is 0 Å². The number of aliphatic hydroxyl groups is 1. The number of nitriles is 1. The lowest BCUT2D eigenvalue weighted by Gasteiger charge is -2.24. The van der Waals surface area contributed by atoms with Crippen molar-refractivity contribution in [1.29, 1.82) is 5.26 Å². The Kier molecular flexibility index (Phi) is 3.06. The van der Waals surface area contributed by atoms with Gasteiger partial charge in [-0.25, -0.2) is 8.42 Å². The number of aliphatic hydroxyl groups excluding tert-OH is 1. The predicted octanol–water partition coefficient (Wildman–Crippen LogP) is 1.40. The molecule has 1 aromatic rings. The summed E-state index contributed by atoms with van der Waals surface area (Å²) in [5.41, 5.74) is -1.31. The van der Waals surface area contributed by atoms with Crippen molar-refractivity contribution < 1.29 is 17.9 Å². The second-order valence-corrected chi connectivity index (χ2v) is 7.18. The Balaban J connectivity index is 2.39. The van der Waals surface area contributed by atoms with Gasteiger partial charge in [0.1, 0.15) is 17.3 Å². The first-order chi connectivity index (χ1) is 7.90. The van der Waals surface area contributed by atoms with Crippen LogP contribution in [-0.4, -0.2) is 25.0 Å². The molecule has 7 heteroatoms. The van der Waals surface area contributed by atoms with Crippen LogP contribution in [0.4, 0.5) is 0 Å². The topological polar surface area (TPSA) is 91.3 Å². The van der Waals surface area contributed by atoms with Crippen LogP contribution in [0.5, 0.6) is 0 Å². The Bertz CT molecular complexity index is 573. The van der Waals surface area contributed by atoms with Crippen LogP contribution >= 0.6 is 15.9 Å². The van der Waals surface area contributed by atoms with Gasteiger partial charge >= 0.3 is 0 Å². The lowest BCUT2D eigenvalue weighted by atomic mass is 9.82. The van der Waals surface area contributed by atoms with Crippen molar-refractivity contribution in [2.75, 3.05) is 11.5 Å². The van der Waals surface area contributed by atoms with Gasteiger partial charge in [0.2, 0.25) is 0 Å². The smallest absolute Gasteiger partial charge is 0.152 e. The number of sulfone groups is 1. The number of halogens is 1. The molecule has 2 unspecified atom stereocenters. The van der Waals surface area contributed by atoms with Crippen LogP contribution in [0.15, 0.2) is 21.2 Å². The summed E-state index contributed by atoms with van der Waals surface area (Å²) < 4.78 is 28.5. The largest absolute Gasteiger partial charge is 0.465 e. The highest BCUT2D eigenvalue weighted by Crippen LogP contribution is 2.44. The lowest BCUT2D eigenvalue weighted by Crippen LogP contribution is -2.28. The molecule has 0 radical (unpaired) electrons. The molecule has 1 aliphatic rings. The molecule has 2 atom stereocenters. The van der Waals surface area contributed by atoms with E-state index in [4.69, 9.17) is 4.42 Å². The quantitative estimate of drug-likeness (QED) is 0.889. The highest BCUT2D eigenvalue weighted by molar-refractivity contribution is 9.10. The van der Waals surface area contributed by atoms with Gasteiger partial charge in [-0.05, 0) is 28.4 Å². The van der Waals surface area contributed by atoms with E-state index in [1.807, 2.05) is 6.07 Å². The molecule has 5 nitrogen and oxygen atoms in total. The first-order valence-electron chi connectivity index (χ1n) is 4.93. The van der Waals surface area contributed by atoms with E-state index in [2.05, 4.69) is 15.9 Å². The summed E-state index contributed by atoms with van der Waals surface area (Å²) in [5.74, 6) is -0.204. The van der Waals surface area contributed by atoms with Crippen molar-refractivity contribution >= 4 is 25.8 Å². The Morgan fingerprint density at radius 1 is 1.65 bits per heavy atom. The zero-order chi connectivity index (χ0) is 12.7. The van der Waals surface area contributed by atoms with Gasteiger partial charge in [-0.1, -0.05) is 0 Å². The Morgan fingerprint density at radius 3 is 2.76 bits per heavy atom. The Morgan fingerprint density at radius 2 is 2.35 bits per heavy atom. The van der Waals surface area contributed by atoms with Gasteiger partial charge in [0.15, 0.2) is 9.84 Å². The van der Waals surface area contributed by atoms with Crippen molar-refractivity contribution in [3.05, 3.63) is 22.6 Å².